The quantitative estimate of drug-likeness (QED) is 0.623. The molecule has 0 N–H and O–H groups in total. The van der Waals surface area contributed by atoms with Crippen LogP contribution in [-0.2, 0) is 0 Å². The smallest absolute Gasteiger partial charge is 0.288 e. The molecular weight excluding hydrogens is 289 g/mol. The van der Waals surface area contributed by atoms with Gasteiger partial charge in [0.05, 0.1) is 17.3 Å². The first-order valence-corrected chi connectivity index (χ1v) is 6.74. The minimum absolute atomic E-state index is 0.0824. The molecule has 0 amide bonds. The Hall–Kier alpha value is -1.33. The van der Waals surface area contributed by atoms with Gasteiger partial charge in [0.15, 0.2) is 0 Å². The van der Waals surface area contributed by atoms with Crippen LogP contribution < -0.4 is 0 Å². The Labute approximate surface area is 120 Å². The van der Waals surface area contributed by atoms with Crippen LogP contribution in [0.25, 0.3) is 0 Å². The third kappa shape index (κ3) is 2.07. The number of halogens is 2. The Morgan fingerprint density at radius 1 is 1.42 bits per heavy atom. The summed E-state index contributed by atoms with van der Waals surface area (Å²) < 4.78 is 0. The highest BCUT2D eigenvalue weighted by atomic mass is 35.5. The Morgan fingerprint density at radius 2 is 2.21 bits per heavy atom. The number of amidine groups is 1. The van der Waals surface area contributed by atoms with E-state index in [4.69, 9.17) is 23.2 Å². The number of rotatable bonds is 2. The van der Waals surface area contributed by atoms with Crippen molar-refractivity contribution in [3.05, 3.63) is 37.9 Å². The van der Waals surface area contributed by atoms with Crippen molar-refractivity contribution < 1.29 is 4.92 Å². The van der Waals surface area contributed by atoms with Gasteiger partial charge in [-0.25, -0.2) is 0 Å². The highest BCUT2D eigenvalue weighted by molar-refractivity contribution is 6.37. The maximum absolute atomic E-state index is 10.9. The van der Waals surface area contributed by atoms with Gasteiger partial charge in [-0.3, -0.25) is 15.1 Å². The SMILES string of the molecule is O=[N+]([O-])c1ccc(Cl)c(C2CC3=NCCN3C2)c1Cl. The maximum Gasteiger partial charge on any atom is 0.288 e. The molecule has 0 aromatic heterocycles. The van der Waals surface area contributed by atoms with Gasteiger partial charge in [0.25, 0.3) is 5.69 Å². The van der Waals surface area contributed by atoms with Crippen molar-refractivity contribution in [3.63, 3.8) is 0 Å². The molecule has 0 saturated carbocycles. The van der Waals surface area contributed by atoms with Crippen molar-refractivity contribution in [2.24, 2.45) is 4.99 Å². The van der Waals surface area contributed by atoms with Gasteiger partial charge in [0.1, 0.15) is 5.02 Å². The van der Waals surface area contributed by atoms with E-state index in [-0.39, 0.29) is 16.6 Å². The summed E-state index contributed by atoms with van der Waals surface area (Å²) in [4.78, 5) is 17.1. The molecule has 19 heavy (non-hydrogen) atoms. The third-order valence-electron chi connectivity index (χ3n) is 3.61. The van der Waals surface area contributed by atoms with Crippen molar-refractivity contribution in [2.75, 3.05) is 19.6 Å². The van der Waals surface area contributed by atoms with Gasteiger partial charge in [0.2, 0.25) is 0 Å². The van der Waals surface area contributed by atoms with E-state index in [0.717, 1.165) is 31.9 Å². The summed E-state index contributed by atoms with van der Waals surface area (Å²) in [7, 11) is 0. The first kappa shape index (κ1) is 12.7. The molecule has 2 aliphatic rings. The second kappa shape index (κ2) is 4.65. The standard InChI is InChI=1S/C12H11Cl2N3O2/c13-8-1-2-9(17(18)19)12(14)11(8)7-5-10-15-3-4-16(10)6-7/h1-2,7H,3-6H2. The number of benzene rings is 1. The van der Waals surface area contributed by atoms with Crippen molar-refractivity contribution in [2.45, 2.75) is 12.3 Å². The molecular formula is C12H11Cl2N3O2. The number of nitro benzene ring substituents is 1. The fourth-order valence-electron chi connectivity index (χ4n) is 2.74. The molecule has 1 aromatic carbocycles. The van der Waals surface area contributed by atoms with Crippen molar-refractivity contribution in [1.29, 1.82) is 0 Å². The second-order valence-electron chi connectivity index (χ2n) is 4.70. The lowest BCUT2D eigenvalue weighted by molar-refractivity contribution is -0.384. The van der Waals surface area contributed by atoms with Crippen LogP contribution in [0.2, 0.25) is 10.0 Å². The third-order valence-corrected chi connectivity index (χ3v) is 4.34. The lowest BCUT2D eigenvalue weighted by Gasteiger charge is -2.15. The van der Waals surface area contributed by atoms with E-state index >= 15 is 0 Å². The van der Waals surface area contributed by atoms with Gasteiger partial charge in [-0.15, -0.1) is 0 Å². The normalized spacial score (nSPS) is 21.5. The summed E-state index contributed by atoms with van der Waals surface area (Å²) in [5, 5.41) is 11.6. The van der Waals surface area contributed by atoms with E-state index < -0.39 is 4.92 Å². The topological polar surface area (TPSA) is 58.7 Å². The first-order valence-electron chi connectivity index (χ1n) is 5.98. The Kier molecular flexibility index (Phi) is 3.11. The van der Waals surface area contributed by atoms with Crippen LogP contribution in [-0.4, -0.2) is 35.3 Å². The molecule has 0 spiro atoms. The molecule has 1 saturated heterocycles. The predicted octanol–water partition coefficient (Wildman–Crippen LogP) is 3.10. The molecule has 1 aromatic rings. The van der Waals surface area contributed by atoms with Crippen LogP contribution in [0.1, 0.15) is 17.9 Å². The summed E-state index contributed by atoms with van der Waals surface area (Å²) in [5.74, 6) is 1.14. The largest absolute Gasteiger partial charge is 0.358 e. The minimum atomic E-state index is -0.476. The Balaban J connectivity index is 2.01. The van der Waals surface area contributed by atoms with E-state index in [1.54, 1.807) is 6.07 Å². The number of nitrogens with zero attached hydrogens (tertiary/aromatic N) is 3. The van der Waals surface area contributed by atoms with Crippen molar-refractivity contribution >= 4 is 34.7 Å². The molecule has 0 aliphatic carbocycles. The van der Waals surface area contributed by atoms with E-state index in [1.165, 1.54) is 6.07 Å². The second-order valence-corrected chi connectivity index (χ2v) is 5.48. The van der Waals surface area contributed by atoms with E-state index in [0.29, 0.717) is 10.6 Å². The number of hydrogen-bond acceptors (Lipinski definition) is 4. The molecule has 5 nitrogen and oxygen atoms in total. The zero-order chi connectivity index (χ0) is 13.6. The summed E-state index contributed by atoms with van der Waals surface area (Å²) in [6.07, 6.45) is 0.751. The van der Waals surface area contributed by atoms with E-state index in [2.05, 4.69) is 9.89 Å². The highest BCUT2D eigenvalue weighted by Gasteiger charge is 2.35. The Morgan fingerprint density at radius 3 is 2.89 bits per heavy atom. The fourth-order valence-corrected chi connectivity index (χ4v) is 3.48. The number of aliphatic imine (C=N–C) groups is 1. The summed E-state index contributed by atoms with van der Waals surface area (Å²) in [5.41, 5.74) is 0.588. The van der Waals surface area contributed by atoms with E-state index in [1.807, 2.05) is 0 Å². The molecule has 2 aliphatic heterocycles. The lowest BCUT2D eigenvalue weighted by atomic mass is 9.97. The first-order chi connectivity index (χ1) is 9.08. The number of nitro groups is 1. The highest BCUT2D eigenvalue weighted by Crippen LogP contribution is 2.42. The zero-order valence-corrected chi connectivity index (χ0v) is 11.5. The van der Waals surface area contributed by atoms with Gasteiger partial charge < -0.3 is 4.90 Å². The molecule has 0 bridgehead atoms. The molecule has 1 fully saturated rings. The van der Waals surface area contributed by atoms with Gasteiger partial charge >= 0.3 is 0 Å². The molecule has 0 radical (unpaired) electrons. The zero-order valence-electron chi connectivity index (χ0n) is 9.97. The minimum Gasteiger partial charge on any atom is -0.358 e. The van der Waals surface area contributed by atoms with Gasteiger partial charge in [-0.1, -0.05) is 23.2 Å². The number of hydrogen-bond donors (Lipinski definition) is 0. The van der Waals surface area contributed by atoms with Crippen molar-refractivity contribution in [1.82, 2.24) is 4.90 Å². The molecule has 1 atom stereocenters. The predicted molar refractivity (Wildman–Crippen MR) is 74.3 cm³/mol. The van der Waals surface area contributed by atoms with Crippen LogP contribution >= 0.6 is 23.2 Å². The van der Waals surface area contributed by atoms with Gasteiger partial charge in [-0.05, 0) is 6.07 Å². The van der Waals surface area contributed by atoms with Gasteiger partial charge in [0, 0.05) is 42.1 Å². The van der Waals surface area contributed by atoms with Crippen LogP contribution in [0.3, 0.4) is 0 Å². The maximum atomic E-state index is 10.9. The van der Waals surface area contributed by atoms with Crippen LogP contribution in [0.4, 0.5) is 5.69 Å². The monoisotopic (exact) mass is 299 g/mol. The molecule has 3 rings (SSSR count). The molecule has 1 unspecified atom stereocenters. The molecule has 100 valence electrons. The summed E-state index contributed by atoms with van der Waals surface area (Å²) >= 11 is 12.3. The van der Waals surface area contributed by atoms with Crippen LogP contribution in [0.15, 0.2) is 17.1 Å². The van der Waals surface area contributed by atoms with E-state index in [9.17, 15) is 10.1 Å². The average molecular weight is 300 g/mol. The summed E-state index contributed by atoms with van der Waals surface area (Å²) in [6, 6.07) is 2.90. The van der Waals surface area contributed by atoms with Crippen LogP contribution in [0.5, 0.6) is 0 Å². The molecule has 7 heteroatoms. The number of fused-ring (bicyclic) bond motifs is 1. The van der Waals surface area contributed by atoms with Gasteiger partial charge in [-0.2, -0.15) is 0 Å². The summed E-state index contributed by atoms with van der Waals surface area (Å²) in [6.45, 7) is 2.52. The van der Waals surface area contributed by atoms with Crippen LogP contribution in [0, 0.1) is 10.1 Å². The molecule has 2 heterocycles. The van der Waals surface area contributed by atoms with Crippen molar-refractivity contribution in [3.8, 4) is 0 Å². The fraction of sp³-hybridized carbons (Fsp3) is 0.417. The lowest BCUT2D eigenvalue weighted by Crippen LogP contribution is -2.21. The average Bonchev–Trinajstić information content (AvgIpc) is 2.89. The Bertz CT molecular complexity index is 589.